The van der Waals surface area contributed by atoms with Crippen LogP contribution in [0.1, 0.15) is 51.0 Å². The summed E-state index contributed by atoms with van der Waals surface area (Å²) in [6.45, 7) is 2.26. The quantitative estimate of drug-likeness (QED) is 0.822. The highest BCUT2D eigenvalue weighted by molar-refractivity contribution is 7.71. The summed E-state index contributed by atoms with van der Waals surface area (Å²) < 4.78 is 3.08. The standard InChI is InChI=1S/C12H20N4S/c17-12-14-13-11(15-8-4-5-9-15)16(12)10-6-2-1-3-7-10/h10H,1-9H2,(H,14,17). The Morgan fingerprint density at radius 3 is 2.47 bits per heavy atom. The smallest absolute Gasteiger partial charge is 0.225 e. The maximum Gasteiger partial charge on any atom is 0.225 e. The van der Waals surface area contributed by atoms with Crippen molar-refractivity contribution in [3.8, 4) is 0 Å². The molecule has 0 atom stereocenters. The number of hydrogen-bond acceptors (Lipinski definition) is 3. The van der Waals surface area contributed by atoms with Crippen molar-refractivity contribution in [2.75, 3.05) is 18.0 Å². The lowest BCUT2D eigenvalue weighted by atomic mass is 9.95. The number of rotatable bonds is 2. The Morgan fingerprint density at radius 2 is 1.76 bits per heavy atom. The third kappa shape index (κ3) is 2.12. The van der Waals surface area contributed by atoms with Crippen LogP contribution in [0.15, 0.2) is 0 Å². The number of H-pyrrole nitrogens is 1. The maximum absolute atomic E-state index is 5.41. The van der Waals surface area contributed by atoms with E-state index in [9.17, 15) is 0 Å². The Balaban J connectivity index is 1.90. The van der Waals surface area contributed by atoms with Crippen molar-refractivity contribution in [1.82, 2.24) is 14.8 Å². The molecule has 1 saturated carbocycles. The van der Waals surface area contributed by atoms with Crippen LogP contribution in [-0.4, -0.2) is 27.9 Å². The van der Waals surface area contributed by atoms with Crippen LogP contribution >= 0.6 is 12.2 Å². The number of aromatic nitrogens is 3. The summed E-state index contributed by atoms with van der Waals surface area (Å²) in [7, 11) is 0. The number of hydrogen-bond donors (Lipinski definition) is 1. The van der Waals surface area contributed by atoms with Crippen molar-refractivity contribution >= 4 is 18.2 Å². The average molecular weight is 252 g/mol. The minimum absolute atomic E-state index is 0.575. The minimum Gasteiger partial charge on any atom is -0.341 e. The number of aromatic amines is 1. The van der Waals surface area contributed by atoms with E-state index < -0.39 is 0 Å². The lowest BCUT2D eigenvalue weighted by Gasteiger charge is -2.26. The second-order valence-electron chi connectivity index (χ2n) is 5.18. The Morgan fingerprint density at radius 1 is 1.06 bits per heavy atom. The molecule has 4 nitrogen and oxygen atoms in total. The van der Waals surface area contributed by atoms with Crippen LogP contribution in [0.2, 0.25) is 0 Å². The zero-order valence-corrected chi connectivity index (χ0v) is 11.0. The summed E-state index contributed by atoms with van der Waals surface area (Å²) in [5.74, 6) is 1.08. The lowest BCUT2D eigenvalue weighted by molar-refractivity contribution is 0.350. The van der Waals surface area contributed by atoms with Gasteiger partial charge in [-0.2, -0.15) is 0 Å². The van der Waals surface area contributed by atoms with E-state index in [1.807, 2.05) is 0 Å². The molecule has 5 heteroatoms. The van der Waals surface area contributed by atoms with Gasteiger partial charge in [-0.25, -0.2) is 5.10 Å². The predicted octanol–water partition coefficient (Wildman–Crippen LogP) is 3.05. The first kappa shape index (κ1) is 11.3. The van der Waals surface area contributed by atoms with Crippen molar-refractivity contribution in [1.29, 1.82) is 0 Å². The molecule has 0 radical (unpaired) electrons. The van der Waals surface area contributed by atoms with E-state index in [1.54, 1.807) is 0 Å². The van der Waals surface area contributed by atoms with Gasteiger partial charge in [-0.1, -0.05) is 19.3 Å². The van der Waals surface area contributed by atoms with Gasteiger partial charge in [-0.05, 0) is 37.9 Å². The molecule has 3 rings (SSSR count). The van der Waals surface area contributed by atoms with Crippen LogP contribution in [0.3, 0.4) is 0 Å². The Kier molecular flexibility index (Phi) is 3.18. The molecule has 0 unspecified atom stereocenters. The number of nitrogens with zero attached hydrogens (tertiary/aromatic N) is 3. The van der Waals surface area contributed by atoms with E-state index in [0.29, 0.717) is 6.04 Å². The fourth-order valence-corrected chi connectivity index (χ4v) is 3.38. The first-order chi connectivity index (χ1) is 8.36. The topological polar surface area (TPSA) is 36.9 Å². The van der Waals surface area contributed by atoms with Gasteiger partial charge in [0.2, 0.25) is 5.95 Å². The van der Waals surface area contributed by atoms with E-state index in [0.717, 1.165) is 23.8 Å². The van der Waals surface area contributed by atoms with Gasteiger partial charge in [0.25, 0.3) is 0 Å². The van der Waals surface area contributed by atoms with Gasteiger partial charge in [0, 0.05) is 19.1 Å². The third-order valence-electron chi connectivity index (χ3n) is 4.01. The molecule has 94 valence electrons. The van der Waals surface area contributed by atoms with E-state index in [-0.39, 0.29) is 0 Å². The first-order valence-corrected chi connectivity index (χ1v) is 7.19. The average Bonchev–Trinajstić information content (AvgIpc) is 2.98. The van der Waals surface area contributed by atoms with E-state index in [4.69, 9.17) is 12.2 Å². The molecular formula is C12H20N4S. The summed E-state index contributed by atoms with van der Waals surface area (Å²) in [5.41, 5.74) is 0. The van der Waals surface area contributed by atoms with Crippen molar-refractivity contribution in [2.24, 2.45) is 0 Å². The van der Waals surface area contributed by atoms with Gasteiger partial charge in [0.1, 0.15) is 0 Å². The molecule has 1 aliphatic carbocycles. The molecule has 1 aliphatic heterocycles. The molecule has 0 spiro atoms. The lowest BCUT2D eigenvalue weighted by Crippen LogP contribution is -2.25. The number of anilines is 1. The molecule has 2 heterocycles. The predicted molar refractivity (Wildman–Crippen MR) is 71.0 cm³/mol. The Labute approximate surface area is 107 Å². The van der Waals surface area contributed by atoms with Crippen LogP contribution in [0.25, 0.3) is 0 Å². The van der Waals surface area contributed by atoms with Crippen molar-refractivity contribution < 1.29 is 0 Å². The van der Waals surface area contributed by atoms with Crippen LogP contribution < -0.4 is 4.90 Å². The normalized spacial score (nSPS) is 22.2. The molecule has 2 aliphatic rings. The van der Waals surface area contributed by atoms with Gasteiger partial charge in [0.05, 0.1) is 0 Å². The zero-order chi connectivity index (χ0) is 11.7. The van der Waals surface area contributed by atoms with Gasteiger partial charge < -0.3 is 4.90 Å². The molecule has 0 aromatic carbocycles. The molecule has 1 saturated heterocycles. The van der Waals surface area contributed by atoms with Crippen LogP contribution in [0.4, 0.5) is 5.95 Å². The van der Waals surface area contributed by atoms with E-state index in [2.05, 4.69) is 19.7 Å². The second-order valence-corrected chi connectivity index (χ2v) is 5.57. The van der Waals surface area contributed by atoms with E-state index in [1.165, 1.54) is 44.9 Å². The fourth-order valence-electron chi connectivity index (χ4n) is 3.10. The molecule has 1 aromatic rings. The van der Waals surface area contributed by atoms with E-state index >= 15 is 0 Å². The van der Waals surface area contributed by atoms with Crippen molar-refractivity contribution in [3.05, 3.63) is 4.77 Å². The van der Waals surface area contributed by atoms with Gasteiger partial charge >= 0.3 is 0 Å². The monoisotopic (exact) mass is 252 g/mol. The highest BCUT2D eigenvalue weighted by Crippen LogP contribution is 2.32. The summed E-state index contributed by atoms with van der Waals surface area (Å²) in [6, 6.07) is 0.575. The van der Waals surface area contributed by atoms with Crippen molar-refractivity contribution in [2.45, 2.75) is 51.0 Å². The van der Waals surface area contributed by atoms with Gasteiger partial charge in [-0.15, -0.1) is 5.10 Å². The van der Waals surface area contributed by atoms with Gasteiger partial charge in [0.15, 0.2) is 4.77 Å². The summed E-state index contributed by atoms with van der Waals surface area (Å²) >= 11 is 5.41. The largest absolute Gasteiger partial charge is 0.341 e. The third-order valence-corrected chi connectivity index (χ3v) is 4.30. The molecule has 2 fully saturated rings. The Bertz CT molecular complexity index is 424. The Hall–Kier alpha value is -0.840. The molecule has 0 bridgehead atoms. The minimum atomic E-state index is 0.575. The highest BCUT2D eigenvalue weighted by Gasteiger charge is 2.24. The molecule has 17 heavy (non-hydrogen) atoms. The summed E-state index contributed by atoms with van der Waals surface area (Å²) in [6.07, 6.45) is 9.12. The van der Waals surface area contributed by atoms with Gasteiger partial charge in [-0.3, -0.25) is 4.57 Å². The molecule has 1 aromatic heterocycles. The van der Waals surface area contributed by atoms with Crippen LogP contribution in [0, 0.1) is 4.77 Å². The first-order valence-electron chi connectivity index (χ1n) is 6.78. The maximum atomic E-state index is 5.41. The molecular weight excluding hydrogens is 232 g/mol. The highest BCUT2D eigenvalue weighted by atomic mass is 32.1. The van der Waals surface area contributed by atoms with Crippen LogP contribution in [0.5, 0.6) is 0 Å². The summed E-state index contributed by atoms with van der Waals surface area (Å²) in [4.78, 5) is 2.38. The zero-order valence-electron chi connectivity index (χ0n) is 10.2. The van der Waals surface area contributed by atoms with Crippen molar-refractivity contribution in [3.63, 3.8) is 0 Å². The summed E-state index contributed by atoms with van der Waals surface area (Å²) in [5, 5.41) is 7.43. The van der Waals surface area contributed by atoms with Crippen LogP contribution in [-0.2, 0) is 0 Å². The molecule has 0 amide bonds. The fraction of sp³-hybridized carbons (Fsp3) is 0.833. The second kappa shape index (κ2) is 4.80. The molecule has 1 N–H and O–H groups in total. The SMILES string of the molecule is S=c1[nH]nc(N2CCCC2)n1C1CCCCC1. The number of nitrogens with one attached hydrogen (secondary N) is 1.